The fourth-order valence-corrected chi connectivity index (χ4v) is 3.11. The van der Waals surface area contributed by atoms with E-state index in [4.69, 9.17) is 16.7 Å². The molecule has 0 aliphatic rings. The van der Waals surface area contributed by atoms with Crippen molar-refractivity contribution in [3.63, 3.8) is 0 Å². The minimum absolute atomic E-state index is 0.0701. The Hall–Kier alpha value is -0.630. The van der Waals surface area contributed by atoms with Crippen LogP contribution in [0.2, 0.25) is 5.02 Å². The number of primary sulfonamides is 1. The van der Waals surface area contributed by atoms with E-state index in [1.54, 1.807) is 0 Å². The summed E-state index contributed by atoms with van der Waals surface area (Å²) in [4.78, 5) is 11.7. The molecule has 0 saturated heterocycles. The number of carbonyl (C=O) groups is 1. The van der Waals surface area contributed by atoms with Crippen LogP contribution in [0.5, 0.6) is 0 Å². The third-order valence-corrected chi connectivity index (χ3v) is 4.14. The van der Waals surface area contributed by atoms with Gasteiger partial charge in [-0.15, -0.1) is 0 Å². The molecule has 106 valence electrons. The van der Waals surface area contributed by atoms with Gasteiger partial charge in [0.1, 0.15) is 4.90 Å². The maximum Gasteiger partial charge on any atom is 0.252 e. The Morgan fingerprint density at radius 2 is 2.05 bits per heavy atom. The van der Waals surface area contributed by atoms with Crippen LogP contribution in [-0.2, 0) is 10.0 Å². The molecule has 0 atom stereocenters. The van der Waals surface area contributed by atoms with Crippen molar-refractivity contribution in [2.45, 2.75) is 18.7 Å². The highest BCUT2D eigenvalue weighted by Gasteiger charge is 2.21. The Morgan fingerprint density at radius 3 is 2.53 bits per heavy atom. The summed E-state index contributed by atoms with van der Waals surface area (Å²) in [7, 11) is -3.99. The molecule has 0 aromatic heterocycles. The van der Waals surface area contributed by atoms with E-state index in [-0.39, 0.29) is 21.4 Å². The number of hydrogen-bond acceptors (Lipinski definition) is 3. The molecule has 0 aliphatic carbocycles. The minimum Gasteiger partial charge on any atom is -0.352 e. The van der Waals surface area contributed by atoms with Gasteiger partial charge in [0.2, 0.25) is 10.0 Å². The molecule has 1 rings (SSSR count). The van der Waals surface area contributed by atoms with Gasteiger partial charge in [0.05, 0.1) is 10.6 Å². The molecular weight excluding hydrogens is 356 g/mol. The second-order valence-corrected chi connectivity index (χ2v) is 7.24. The monoisotopic (exact) mass is 368 g/mol. The van der Waals surface area contributed by atoms with Gasteiger partial charge in [-0.1, -0.05) is 41.4 Å². The van der Waals surface area contributed by atoms with Crippen molar-refractivity contribution in [1.82, 2.24) is 5.32 Å². The van der Waals surface area contributed by atoms with Crippen molar-refractivity contribution in [2.24, 2.45) is 11.1 Å². The van der Waals surface area contributed by atoms with E-state index < -0.39 is 15.9 Å². The van der Waals surface area contributed by atoms with Crippen LogP contribution < -0.4 is 10.5 Å². The lowest BCUT2D eigenvalue weighted by Gasteiger charge is -2.11. The van der Waals surface area contributed by atoms with Gasteiger partial charge in [-0.2, -0.15) is 0 Å². The number of carbonyl (C=O) groups excluding carboxylic acids is 1. The number of hydrogen-bond donors (Lipinski definition) is 2. The summed E-state index contributed by atoms with van der Waals surface area (Å²) in [6, 6.07) is 2.71. The molecular formula is C11H14BrClN2O3S. The molecule has 1 aromatic rings. The highest BCUT2D eigenvalue weighted by atomic mass is 79.9. The molecule has 0 spiro atoms. The summed E-state index contributed by atoms with van der Waals surface area (Å²) in [5, 5.41) is 7.54. The van der Waals surface area contributed by atoms with E-state index >= 15 is 0 Å². The molecule has 8 heteroatoms. The molecule has 0 unspecified atom stereocenters. The predicted octanol–water partition coefficient (Wildman–Crippen LogP) is 2.14. The zero-order chi connectivity index (χ0) is 14.8. The Morgan fingerprint density at radius 1 is 1.47 bits per heavy atom. The number of rotatable bonds is 4. The maximum absolute atomic E-state index is 11.9. The third-order valence-electron chi connectivity index (χ3n) is 2.23. The van der Waals surface area contributed by atoms with Crippen molar-refractivity contribution in [1.29, 1.82) is 0 Å². The van der Waals surface area contributed by atoms with Crippen molar-refractivity contribution >= 4 is 43.5 Å². The van der Waals surface area contributed by atoms with Crippen LogP contribution in [0.25, 0.3) is 0 Å². The molecule has 0 saturated carbocycles. The van der Waals surface area contributed by atoms with Gasteiger partial charge in [0.15, 0.2) is 0 Å². The van der Waals surface area contributed by atoms with E-state index in [1.165, 1.54) is 12.1 Å². The minimum atomic E-state index is -3.99. The standard InChI is InChI=1S/C11H14BrClN2O3S/c1-6(2)5-15-11(16)8-3-7(12)4-9(10(8)13)19(14,17)18/h3-4,6H,5H2,1-2H3,(H,15,16)(H2,14,17,18). The third kappa shape index (κ3) is 4.45. The summed E-state index contributed by atoms with van der Waals surface area (Å²) in [6.07, 6.45) is 0. The summed E-state index contributed by atoms with van der Waals surface area (Å²) in [6.45, 7) is 4.35. The normalized spacial score (nSPS) is 11.7. The molecule has 5 nitrogen and oxygen atoms in total. The number of sulfonamides is 1. The van der Waals surface area contributed by atoms with Gasteiger partial charge in [-0.05, 0) is 18.1 Å². The summed E-state index contributed by atoms with van der Waals surface area (Å²) in [5.41, 5.74) is 0.0701. The summed E-state index contributed by atoms with van der Waals surface area (Å²) >= 11 is 9.06. The molecule has 0 radical (unpaired) electrons. The van der Waals surface area contributed by atoms with E-state index in [2.05, 4.69) is 21.2 Å². The lowest BCUT2D eigenvalue weighted by Crippen LogP contribution is -2.28. The van der Waals surface area contributed by atoms with Crippen LogP contribution in [0.15, 0.2) is 21.5 Å². The highest BCUT2D eigenvalue weighted by Crippen LogP contribution is 2.28. The lowest BCUT2D eigenvalue weighted by atomic mass is 10.2. The first-order chi connectivity index (χ1) is 8.62. The number of nitrogens with one attached hydrogen (secondary N) is 1. The molecule has 0 fully saturated rings. The molecule has 1 aromatic carbocycles. The van der Waals surface area contributed by atoms with Gasteiger partial charge < -0.3 is 5.32 Å². The van der Waals surface area contributed by atoms with Crippen molar-refractivity contribution in [3.05, 3.63) is 27.2 Å². The first kappa shape index (κ1) is 16.4. The van der Waals surface area contributed by atoms with Gasteiger partial charge in [0.25, 0.3) is 5.91 Å². The van der Waals surface area contributed by atoms with E-state index in [0.29, 0.717) is 11.0 Å². The number of nitrogens with two attached hydrogens (primary N) is 1. The zero-order valence-electron chi connectivity index (χ0n) is 10.4. The van der Waals surface area contributed by atoms with Gasteiger partial charge in [0, 0.05) is 11.0 Å². The Bertz CT molecular complexity index is 602. The largest absolute Gasteiger partial charge is 0.352 e. The highest BCUT2D eigenvalue weighted by molar-refractivity contribution is 9.10. The lowest BCUT2D eigenvalue weighted by molar-refractivity contribution is 0.0949. The Balaban J connectivity index is 3.22. The number of benzene rings is 1. The topological polar surface area (TPSA) is 89.3 Å². The second kappa shape index (κ2) is 6.21. The molecule has 0 bridgehead atoms. The fourth-order valence-electron chi connectivity index (χ4n) is 1.33. The maximum atomic E-state index is 11.9. The average Bonchev–Trinajstić information content (AvgIpc) is 2.27. The van der Waals surface area contributed by atoms with Crippen LogP contribution in [0.4, 0.5) is 0 Å². The van der Waals surface area contributed by atoms with Gasteiger partial charge in [-0.25, -0.2) is 13.6 Å². The molecule has 3 N–H and O–H groups in total. The van der Waals surface area contributed by atoms with Crippen molar-refractivity contribution in [2.75, 3.05) is 6.54 Å². The number of halogens is 2. The molecule has 19 heavy (non-hydrogen) atoms. The zero-order valence-corrected chi connectivity index (χ0v) is 13.6. The van der Waals surface area contributed by atoms with Crippen LogP contribution in [0.3, 0.4) is 0 Å². The van der Waals surface area contributed by atoms with E-state index in [9.17, 15) is 13.2 Å². The van der Waals surface area contributed by atoms with Crippen LogP contribution in [0.1, 0.15) is 24.2 Å². The Labute approximate surface area is 125 Å². The van der Waals surface area contributed by atoms with Crippen LogP contribution >= 0.6 is 27.5 Å². The number of amides is 1. The van der Waals surface area contributed by atoms with Gasteiger partial charge in [-0.3, -0.25) is 4.79 Å². The SMILES string of the molecule is CC(C)CNC(=O)c1cc(Br)cc(S(N)(=O)=O)c1Cl. The quantitative estimate of drug-likeness (QED) is 0.852. The first-order valence-corrected chi connectivity index (χ1v) is 8.14. The molecule has 0 heterocycles. The van der Waals surface area contributed by atoms with Crippen LogP contribution in [0, 0.1) is 5.92 Å². The second-order valence-electron chi connectivity index (χ2n) is 4.41. The van der Waals surface area contributed by atoms with Crippen molar-refractivity contribution < 1.29 is 13.2 Å². The van der Waals surface area contributed by atoms with E-state index in [0.717, 1.165) is 0 Å². The average molecular weight is 370 g/mol. The first-order valence-electron chi connectivity index (χ1n) is 5.43. The fraction of sp³-hybridized carbons (Fsp3) is 0.364. The molecule has 1 amide bonds. The summed E-state index contributed by atoms with van der Waals surface area (Å²) in [5.74, 6) is -0.169. The van der Waals surface area contributed by atoms with Crippen LogP contribution in [-0.4, -0.2) is 20.9 Å². The van der Waals surface area contributed by atoms with Gasteiger partial charge >= 0.3 is 0 Å². The Kier molecular flexibility index (Phi) is 5.37. The van der Waals surface area contributed by atoms with E-state index in [1.807, 2.05) is 13.8 Å². The summed E-state index contributed by atoms with van der Waals surface area (Å²) < 4.78 is 23.2. The molecule has 0 aliphatic heterocycles. The predicted molar refractivity (Wildman–Crippen MR) is 77.7 cm³/mol. The van der Waals surface area contributed by atoms with Crippen molar-refractivity contribution in [3.8, 4) is 0 Å². The smallest absolute Gasteiger partial charge is 0.252 e.